The van der Waals surface area contributed by atoms with Crippen molar-refractivity contribution in [1.29, 1.82) is 0 Å². The number of carbonyl (C=O) groups is 1. The highest BCUT2D eigenvalue weighted by molar-refractivity contribution is 7.47. The first-order chi connectivity index (χ1) is 21.0. The van der Waals surface area contributed by atoms with Crippen LogP contribution in [0.2, 0.25) is 0 Å². The molecule has 3 atom stereocenters. The van der Waals surface area contributed by atoms with Crippen LogP contribution in [0.5, 0.6) is 0 Å². The Kier molecular flexibility index (Phi) is 28.0. The first-order valence-electron chi connectivity index (χ1n) is 18.1. The van der Waals surface area contributed by atoms with Crippen molar-refractivity contribution in [3.05, 3.63) is 12.2 Å². The quantitative estimate of drug-likeness (QED) is 0.0292. The summed E-state index contributed by atoms with van der Waals surface area (Å²) in [5.74, 6) is -0.160. The molecule has 0 bridgehead atoms. The molecule has 0 aromatic carbocycles. The maximum absolute atomic E-state index is 12.7. The van der Waals surface area contributed by atoms with Gasteiger partial charge in [-0.2, -0.15) is 0 Å². The highest BCUT2D eigenvalue weighted by Gasteiger charge is 2.28. The maximum Gasteiger partial charge on any atom is 0.472 e. The minimum atomic E-state index is -4.29. The molecule has 0 heterocycles. The molecule has 8 nitrogen and oxygen atoms in total. The van der Waals surface area contributed by atoms with Crippen molar-refractivity contribution in [2.75, 3.05) is 40.9 Å². The molecule has 0 aliphatic heterocycles. The van der Waals surface area contributed by atoms with Gasteiger partial charge in [0.25, 0.3) is 0 Å². The summed E-state index contributed by atoms with van der Waals surface area (Å²) < 4.78 is 23.3. The lowest BCUT2D eigenvalue weighted by Gasteiger charge is -2.26. The standard InChI is InChI=1S/C35H71N2O6P/c1-6-8-10-12-14-15-16-17-18-19-20-21-22-23-25-27-29-35(39)36-33(34(38)28-26-24-13-11-9-7-2)32-43-44(40,41)42-31-30-37(3,4)5/h18-19,33-34,38H,6-17,20-32H2,1-5H3,(H-,36,39,40,41)/p+1/b19-18-. The highest BCUT2D eigenvalue weighted by atomic mass is 31.2. The van der Waals surface area contributed by atoms with E-state index in [1.165, 1.54) is 77.0 Å². The number of allylic oxidation sites excluding steroid dienone is 2. The fourth-order valence-corrected chi connectivity index (χ4v) is 5.77. The Labute approximate surface area is 272 Å². The SMILES string of the molecule is CCCCCCCCC/C=C\CCCCCCCC(=O)NC(COP(=O)(O)OCC[N+](C)(C)C)C(O)CCCCCCCC. The second kappa shape index (κ2) is 28.5. The van der Waals surface area contributed by atoms with E-state index in [1.807, 2.05) is 21.1 Å². The molecular weight excluding hydrogens is 575 g/mol. The Morgan fingerprint density at radius 2 is 1.23 bits per heavy atom. The Morgan fingerprint density at radius 1 is 0.750 bits per heavy atom. The minimum absolute atomic E-state index is 0.0736. The van der Waals surface area contributed by atoms with Gasteiger partial charge in [0.05, 0.1) is 39.9 Å². The van der Waals surface area contributed by atoms with Crippen LogP contribution in [0.4, 0.5) is 0 Å². The van der Waals surface area contributed by atoms with E-state index in [4.69, 9.17) is 9.05 Å². The van der Waals surface area contributed by atoms with Gasteiger partial charge in [0, 0.05) is 6.42 Å². The smallest absolute Gasteiger partial charge is 0.391 e. The summed E-state index contributed by atoms with van der Waals surface area (Å²) in [6, 6.07) is -0.756. The summed E-state index contributed by atoms with van der Waals surface area (Å²) in [6.45, 7) is 4.79. The number of nitrogens with zero attached hydrogens (tertiary/aromatic N) is 1. The number of unbranched alkanes of at least 4 members (excludes halogenated alkanes) is 17. The van der Waals surface area contributed by atoms with E-state index in [-0.39, 0.29) is 19.1 Å². The summed E-state index contributed by atoms with van der Waals surface area (Å²) in [5, 5.41) is 13.7. The van der Waals surface area contributed by atoms with Crippen molar-refractivity contribution in [3.63, 3.8) is 0 Å². The van der Waals surface area contributed by atoms with Crippen LogP contribution >= 0.6 is 7.82 Å². The average molecular weight is 648 g/mol. The lowest BCUT2D eigenvalue weighted by Crippen LogP contribution is -2.46. The third-order valence-corrected chi connectivity index (χ3v) is 9.00. The number of likely N-dealkylation sites (N-methyl/N-ethyl adjacent to an activating group) is 1. The lowest BCUT2D eigenvalue weighted by molar-refractivity contribution is -0.870. The molecule has 0 aliphatic carbocycles. The second-order valence-electron chi connectivity index (χ2n) is 13.6. The number of phosphoric ester groups is 1. The number of hydrogen-bond donors (Lipinski definition) is 3. The van der Waals surface area contributed by atoms with E-state index in [0.717, 1.165) is 51.4 Å². The number of quaternary nitrogens is 1. The summed E-state index contributed by atoms with van der Waals surface area (Å²) >= 11 is 0. The third kappa shape index (κ3) is 29.9. The number of nitrogens with one attached hydrogen (secondary N) is 1. The van der Waals surface area contributed by atoms with Crippen molar-refractivity contribution < 1.29 is 32.9 Å². The zero-order chi connectivity index (χ0) is 32.9. The number of amides is 1. The number of aliphatic hydroxyl groups excluding tert-OH is 1. The van der Waals surface area contributed by atoms with Crippen molar-refractivity contribution in [1.82, 2.24) is 5.32 Å². The summed E-state index contributed by atoms with van der Waals surface area (Å²) in [4.78, 5) is 22.8. The van der Waals surface area contributed by atoms with Crippen LogP contribution in [0.1, 0.15) is 155 Å². The summed E-state index contributed by atoms with van der Waals surface area (Å²) in [6.07, 6.45) is 28.3. The summed E-state index contributed by atoms with van der Waals surface area (Å²) in [5.41, 5.74) is 0. The Bertz CT molecular complexity index is 743. The third-order valence-electron chi connectivity index (χ3n) is 8.01. The molecule has 0 aromatic rings. The van der Waals surface area contributed by atoms with Gasteiger partial charge in [0.15, 0.2) is 0 Å². The van der Waals surface area contributed by atoms with Crippen LogP contribution in [-0.4, -0.2) is 73.4 Å². The van der Waals surface area contributed by atoms with Gasteiger partial charge in [-0.05, 0) is 38.5 Å². The molecule has 0 radical (unpaired) electrons. The van der Waals surface area contributed by atoms with E-state index >= 15 is 0 Å². The molecule has 9 heteroatoms. The van der Waals surface area contributed by atoms with E-state index in [2.05, 4.69) is 31.3 Å². The van der Waals surface area contributed by atoms with Crippen LogP contribution < -0.4 is 5.32 Å². The zero-order valence-electron chi connectivity index (χ0n) is 29.4. The second-order valence-corrected chi connectivity index (χ2v) is 15.1. The maximum atomic E-state index is 12.7. The molecule has 0 fully saturated rings. The van der Waals surface area contributed by atoms with Crippen molar-refractivity contribution in [2.45, 2.75) is 167 Å². The van der Waals surface area contributed by atoms with E-state index in [1.54, 1.807) is 0 Å². The first-order valence-corrected chi connectivity index (χ1v) is 19.5. The van der Waals surface area contributed by atoms with Crippen LogP contribution in [0.3, 0.4) is 0 Å². The van der Waals surface area contributed by atoms with Crippen molar-refractivity contribution in [3.8, 4) is 0 Å². The molecule has 3 N–H and O–H groups in total. The molecule has 0 aromatic heterocycles. The fraction of sp³-hybridized carbons (Fsp3) is 0.914. The number of carbonyl (C=O) groups excluding carboxylic acids is 1. The zero-order valence-corrected chi connectivity index (χ0v) is 30.3. The fourth-order valence-electron chi connectivity index (χ4n) is 5.04. The van der Waals surface area contributed by atoms with Gasteiger partial charge >= 0.3 is 7.82 Å². The van der Waals surface area contributed by atoms with Crippen LogP contribution in [0, 0.1) is 0 Å². The average Bonchev–Trinajstić information content (AvgIpc) is 2.95. The topological polar surface area (TPSA) is 105 Å². The minimum Gasteiger partial charge on any atom is -0.391 e. The summed E-state index contributed by atoms with van der Waals surface area (Å²) in [7, 11) is 1.61. The van der Waals surface area contributed by atoms with Crippen LogP contribution in [0.15, 0.2) is 12.2 Å². The van der Waals surface area contributed by atoms with Crippen LogP contribution in [-0.2, 0) is 18.4 Å². The number of aliphatic hydroxyl groups is 1. The largest absolute Gasteiger partial charge is 0.472 e. The van der Waals surface area contributed by atoms with E-state index < -0.39 is 20.0 Å². The van der Waals surface area contributed by atoms with Crippen LogP contribution in [0.25, 0.3) is 0 Å². The van der Waals surface area contributed by atoms with Gasteiger partial charge in [0.1, 0.15) is 13.2 Å². The highest BCUT2D eigenvalue weighted by Crippen LogP contribution is 2.43. The molecule has 0 saturated carbocycles. The molecule has 1 amide bonds. The predicted octanol–water partition coefficient (Wildman–Crippen LogP) is 8.85. The Hall–Kier alpha value is -0.760. The predicted molar refractivity (Wildman–Crippen MR) is 185 cm³/mol. The monoisotopic (exact) mass is 648 g/mol. The van der Waals surface area contributed by atoms with Crippen molar-refractivity contribution in [2.24, 2.45) is 0 Å². The number of rotatable bonds is 32. The molecule has 44 heavy (non-hydrogen) atoms. The molecule has 262 valence electrons. The number of hydrogen-bond acceptors (Lipinski definition) is 5. The molecule has 0 rings (SSSR count). The molecule has 0 aliphatic rings. The molecule has 3 unspecified atom stereocenters. The van der Waals surface area contributed by atoms with Gasteiger partial charge in [0.2, 0.25) is 5.91 Å². The first kappa shape index (κ1) is 43.2. The molecular formula is C35H72N2O6P+. The van der Waals surface area contributed by atoms with E-state index in [9.17, 15) is 19.4 Å². The van der Waals surface area contributed by atoms with Gasteiger partial charge in [-0.15, -0.1) is 0 Å². The normalized spacial score (nSPS) is 15.0. The lowest BCUT2D eigenvalue weighted by atomic mass is 10.0. The van der Waals surface area contributed by atoms with E-state index in [0.29, 0.717) is 23.9 Å². The van der Waals surface area contributed by atoms with Gasteiger partial charge in [-0.1, -0.05) is 122 Å². The molecule has 0 saturated heterocycles. The molecule has 0 spiro atoms. The van der Waals surface area contributed by atoms with Gasteiger partial charge in [-0.3, -0.25) is 13.8 Å². The van der Waals surface area contributed by atoms with Gasteiger partial charge < -0.3 is 19.8 Å². The Balaban J connectivity index is 4.34. The number of phosphoric acid groups is 1. The van der Waals surface area contributed by atoms with Gasteiger partial charge in [-0.25, -0.2) is 4.57 Å². The Morgan fingerprint density at radius 3 is 1.75 bits per heavy atom. The van der Waals surface area contributed by atoms with Crippen molar-refractivity contribution >= 4 is 13.7 Å².